The molecule has 4 N–H and O–H groups in total. The van der Waals surface area contributed by atoms with E-state index in [0.717, 1.165) is 6.42 Å². The number of hydrogen-bond acceptors (Lipinski definition) is 2. The Bertz CT molecular complexity index is 103. The van der Waals surface area contributed by atoms with Crippen LogP contribution in [-0.2, 0) is 0 Å². The predicted molar refractivity (Wildman–Crippen MR) is 39.9 cm³/mol. The second kappa shape index (κ2) is 5.57. The summed E-state index contributed by atoms with van der Waals surface area (Å²) < 4.78 is 0. The van der Waals surface area contributed by atoms with E-state index in [1.54, 1.807) is 0 Å². The SMILES string of the molecule is C=C=CC(CN)CCN. The van der Waals surface area contributed by atoms with Gasteiger partial charge in [0.2, 0.25) is 0 Å². The van der Waals surface area contributed by atoms with Crippen LogP contribution in [-0.4, -0.2) is 13.1 Å². The topological polar surface area (TPSA) is 52.0 Å². The van der Waals surface area contributed by atoms with Crippen molar-refractivity contribution in [3.05, 3.63) is 18.4 Å². The van der Waals surface area contributed by atoms with Gasteiger partial charge >= 0.3 is 0 Å². The van der Waals surface area contributed by atoms with Gasteiger partial charge in [0.25, 0.3) is 0 Å². The Morgan fingerprint density at radius 3 is 2.56 bits per heavy atom. The minimum absolute atomic E-state index is 0.368. The van der Waals surface area contributed by atoms with Crippen LogP contribution in [0.15, 0.2) is 18.4 Å². The quantitative estimate of drug-likeness (QED) is 0.530. The van der Waals surface area contributed by atoms with Crippen LogP contribution in [0.2, 0.25) is 0 Å². The minimum Gasteiger partial charge on any atom is -0.330 e. The summed E-state index contributed by atoms with van der Waals surface area (Å²) in [6, 6.07) is 0. The van der Waals surface area contributed by atoms with Crippen molar-refractivity contribution in [1.82, 2.24) is 0 Å². The molecule has 52 valence electrons. The first-order valence-corrected chi connectivity index (χ1v) is 3.11. The van der Waals surface area contributed by atoms with Crippen molar-refractivity contribution in [2.45, 2.75) is 6.42 Å². The molecule has 1 atom stereocenters. The highest BCUT2D eigenvalue weighted by molar-refractivity contribution is 4.84. The summed E-state index contributed by atoms with van der Waals surface area (Å²) in [5.41, 5.74) is 13.4. The Morgan fingerprint density at radius 1 is 1.56 bits per heavy atom. The fourth-order valence-electron chi connectivity index (χ4n) is 0.650. The van der Waals surface area contributed by atoms with Crippen molar-refractivity contribution in [2.24, 2.45) is 17.4 Å². The molecule has 9 heavy (non-hydrogen) atoms. The monoisotopic (exact) mass is 126 g/mol. The maximum absolute atomic E-state index is 5.39. The molecule has 2 nitrogen and oxygen atoms in total. The third kappa shape index (κ3) is 3.98. The summed E-state index contributed by atoms with van der Waals surface area (Å²) in [5.74, 6) is 0.368. The van der Waals surface area contributed by atoms with Gasteiger partial charge in [-0.1, -0.05) is 6.58 Å². The third-order valence-corrected chi connectivity index (χ3v) is 1.19. The fourth-order valence-corrected chi connectivity index (χ4v) is 0.650. The summed E-state index contributed by atoms with van der Waals surface area (Å²) in [5, 5.41) is 0. The Hall–Kier alpha value is -0.560. The molecule has 0 fully saturated rings. The van der Waals surface area contributed by atoms with E-state index in [9.17, 15) is 0 Å². The lowest BCUT2D eigenvalue weighted by Crippen LogP contribution is -2.15. The van der Waals surface area contributed by atoms with E-state index < -0.39 is 0 Å². The molecule has 0 amide bonds. The second-order valence-corrected chi connectivity index (χ2v) is 1.94. The van der Waals surface area contributed by atoms with Gasteiger partial charge in [-0.3, -0.25) is 0 Å². The van der Waals surface area contributed by atoms with Crippen LogP contribution < -0.4 is 11.5 Å². The molecule has 0 heterocycles. The lowest BCUT2D eigenvalue weighted by atomic mass is 10.1. The summed E-state index contributed by atoms with van der Waals surface area (Å²) in [6.45, 7) is 4.77. The van der Waals surface area contributed by atoms with Crippen molar-refractivity contribution >= 4 is 0 Å². The molecule has 0 aliphatic heterocycles. The van der Waals surface area contributed by atoms with E-state index in [1.807, 2.05) is 6.08 Å². The summed E-state index contributed by atoms with van der Waals surface area (Å²) >= 11 is 0. The van der Waals surface area contributed by atoms with Crippen molar-refractivity contribution in [1.29, 1.82) is 0 Å². The molecule has 0 radical (unpaired) electrons. The second-order valence-electron chi connectivity index (χ2n) is 1.94. The van der Waals surface area contributed by atoms with Gasteiger partial charge in [-0.2, -0.15) is 0 Å². The van der Waals surface area contributed by atoms with E-state index in [-0.39, 0.29) is 0 Å². The first-order chi connectivity index (χ1) is 4.35. The fraction of sp³-hybridized carbons (Fsp3) is 0.571. The van der Waals surface area contributed by atoms with Crippen LogP contribution in [0.3, 0.4) is 0 Å². The molecule has 1 unspecified atom stereocenters. The van der Waals surface area contributed by atoms with Gasteiger partial charge in [-0.05, 0) is 31.5 Å². The molecule has 0 saturated carbocycles. The van der Waals surface area contributed by atoms with E-state index in [2.05, 4.69) is 12.3 Å². The average molecular weight is 126 g/mol. The zero-order valence-corrected chi connectivity index (χ0v) is 5.64. The summed E-state index contributed by atoms with van der Waals surface area (Å²) in [7, 11) is 0. The number of hydrogen-bond donors (Lipinski definition) is 2. The van der Waals surface area contributed by atoms with Gasteiger partial charge < -0.3 is 11.5 Å². The molecule has 0 aromatic rings. The first kappa shape index (κ1) is 8.44. The highest BCUT2D eigenvalue weighted by Crippen LogP contribution is 1.98. The van der Waals surface area contributed by atoms with Crippen molar-refractivity contribution < 1.29 is 0 Å². The summed E-state index contributed by atoms with van der Waals surface area (Å²) in [6.07, 6.45) is 2.80. The average Bonchev–Trinajstić information content (AvgIpc) is 1.88. The summed E-state index contributed by atoms with van der Waals surface area (Å²) in [4.78, 5) is 0. The van der Waals surface area contributed by atoms with Crippen molar-refractivity contribution in [2.75, 3.05) is 13.1 Å². The normalized spacial score (nSPS) is 12.2. The van der Waals surface area contributed by atoms with Crippen molar-refractivity contribution in [3.8, 4) is 0 Å². The highest BCUT2D eigenvalue weighted by Gasteiger charge is 1.97. The van der Waals surface area contributed by atoms with Gasteiger partial charge in [0.15, 0.2) is 0 Å². The molecule has 0 saturated heterocycles. The first-order valence-electron chi connectivity index (χ1n) is 3.11. The lowest BCUT2D eigenvalue weighted by Gasteiger charge is -2.04. The smallest absolute Gasteiger partial charge is 0.000758 e. The van der Waals surface area contributed by atoms with Gasteiger partial charge in [-0.15, -0.1) is 5.73 Å². The number of rotatable bonds is 4. The van der Waals surface area contributed by atoms with Crippen LogP contribution in [0.1, 0.15) is 6.42 Å². The van der Waals surface area contributed by atoms with Crippen LogP contribution >= 0.6 is 0 Å². The predicted octanol–water partition coefficient (Wildman–Crippen LogP) is 0.251. The molecular weight excluding hydrogens is 112 g/mol. The van der Waals surface area contributed by atoms with Gasteiger partial charge in [0.1, 0.15) is 0 Å². The van der Waals surface area contributed by atoms with Gasteiger partial charge in [0, 0.05) is 0 Å². The van der Waals surface area contributed by atoms with Crippen LogP contribution in [0, 0.1) is 5.92 Å². The highest BCUT2D eigenvalue weighted by atomic mass is 14.6. The largest absolute Gasteiger partial charge is 0.330 e. The molecule has 0 aromatic carbocycles. The van der Waals surface area contributed by atoms with E-state index in [4.69, 9.17) is 11.5 Å². The maximum atomic E-state index is 5.39. The Morgan fingerprint density at radius 2 is 2.22 bits per heavy atom. The Kier molecular flexibility index (Phi) is 5.23. The van der Waals surface area contributed by atoms with Gasteiger partial charge in [-0.25, -0.2) is 0 Å². The third-order valence-electron chi connectivity index (χ3n) is 1.19. The molecule has 0 bridgehead atoms. The molecule has 2 heteroatoms. The zero-order chi connectivity index (χ0) is 7.11. The van der Waals surface area contributed by atoms with E-state index in [1.165, 1.54) is 0 Å². The standard InChI is InChI=1S/C7H14N2/c1-2-3-7(6-9)4-5-8/h3,7H,1,4-6,8-9H2. The Balaban J connectivity index is 3.53. The van der Waals surface area contributed by atoms with E-state index >= 15 is 0 Å². The van der Waals surface area contributed by atoms with Crippen LogP contribution in [0.5, 0.6) is 0 Å². The maximum Gasteiger partial charge on any atom is -0.000758 e. The molecule has 0 rings (SSSR count). The van der Waals surface area contributed by atoms with Crippen molar-refractivity contribution in [3.63, 3.8) is 0 Å². The lowest BCUT2D eigenvalue weighted by molar-refractivity contribution is 0.611. The molecule has 0 aromatic heterocycles. The molecular formula is C7H14N2. The molecule has 0 aliphatic carbocycles. The zero-order valence-electron chi connectivity index (χ0n) is 5.64. The van der Waals surface area contributed by atoms with E-state index in [0.29, 0.717) is 19.0 Å². The van der Waals surface area contributed by atoms with Crippen LogP contribution in [0.25, 0.3) is 0 Å². The van der Waals surface area contributed by atoms with Crippen LogP contribution in [0.4, 0.5) is 0 Å². The minimum atomic E-state index is 0.368. The Labute approximate surface area is 56.2 Å². The van der Waals surface area contributed by atoms with Gasteiger partial charge in [0.05, 0.1) is 0 Å². The number of nitrogens with two attached hydrogens (primary N) is 2. The molecule has 0 aliphatic rings. The molecule has 0 spiro atoms.